The zero-order chi connectivity index (χ0) is 18.8. The molecule has 2 amide bonds. The lowest BCUT2D eigenvalue weighted by Gasteiger charge is -2.14. The molecule has 6 rings (SSSR count). The van der Waals surface area contributed by atoms with E-state index in [1.807, 2.05) is 48.5 Å². The molecule has 2 fully saturated rings. The van der Waals surface area contributed by atoms with Gasteiger partial charge in [-0.2, -0.15) is 0 Å². The standard InChI is InChI=1S/C22H17N3O2S/c26-20-18-12-6-7-13(10-12)19(18)21(27)25(20)22-24-16-9-8-15(11-17(16)28-22)23-14-4-2-1-3-5-14/h1-9,11-13,18-19,23H,10H2/t12-,13+,18-,19+. The molecule has 1 aliphatic heterocycles. The van der Waals surface area contributed by atoms with E-state index in [0.29, 0.717) is 5.13 Å². The Hall–Kier alpha value is -2.99. The minimum absolute atomic E-state index is 0.0754. The first-order valence-electron chi connectivity index (χ1n) is 9.48. The van der Waals surface area contributed by atoms with Crippen LogP contribution in [0.25, 0.3) is 10.2 Å². The Morgan fingerprint density at radius 1 is 0.929 bits per heavy atom. The van der Waals surface area contributed by atoms with Gasteiger partial charge in [-0.1, -0.05) is 41.7 Å². The van der Waals surface area contributed by atoms with E-state index < -0.39 is 0 Å². The number of amides is 2. The smallest absolute Gasteiger partial charge is 0.240 e. The molecule has 2 aromatic carbocycles. The summed E-state index contributed by atoms with van der Waals surface area (Å²) in [6.45, 7) is 0. The number of anilines is 3. The van der Waals surface area contributed by atoms with Gasteiger partial charge in [-0.25, -0.2) is 9.88 Å². The van der Waals surface area contributed by atoms with E-state index in [0.717, 1.165) is 28.0 Å². The van der Waals surface area contributed by atoms with Crippen molar-refractivity contribution in [3.8, 4) is 0 Å². The lowest BCUT2D eigenvalue weighted by molar-refractivity contribution is -0.123. The zero-order valence-electron chi connectivity index (χ0n) is 14.9. The fourth-order valence-corrected chi connectivity index (χ4v) is 5.88. The first-order valence-corrected chi connectivity index (χ1v) is 10.3. The van der Waals surface area contributed by atoms with Gasteiger partial charge in [-0.05, 0) is 48.6 Å². The Morgan fingerprint density at radius 2 is 1.64 bits per heavy atom. The molecule has 3 aromatic rings. The van der Waals surface area contributed by atoms with Crippen molar-refractivity contribution in [1.82, 2.24) is 4.98 Å². The van der Waals surface area contributed by atoms with Crippen LogP contribution in [0.15, 0.2) is 60.7 Å². The van der Waals surface area contributed by atoms with E-state index in [-0.39, 0.29) is 35.5 Å². The number of carbonyl (C=O) groups excluding carboxylic acids is 2. The summed E-state index contributed by atoms with van der Waals surface area (Å²) >= 11 is 1.40. The maximum Gasteiger partial charge on any atom is 0.240 e. The molecular formula is C22H17N3O2S. The number of nitrogens with one attached hydrogen (secondary N) is 1. The van der Waals surface area contributed by atoms with E-state index in [1.165, 1.54) is 16.2 Å². The van der Waals surface area contributed by atoms with Crippen molar-refractivity contribution in [3.05, 3.63) is 60.7 Å². The maximum absolute atomic E-state index is 13.0. The summed E-state index contributed by atoms with van der Waals surface area (Å²) in [6.07, 6.45) is 5.16. The van der Waals surface area contributed by atoms with Crippen molar-refractivity contribution in [1.29, 1.82) is 0 Å². The van der Waals surface area contributed by atoms with Crippen LogP contribution in [0.3, 0.4) is 0 Å². The van der Waals surface area contributed by atoms with Crippen LogP contribution in [-0.2, 0) is 9.59 Å². The Bertz CT molecular complexity index is 1120. The lowest BCUT2D eigenvalue weighted by Crippen LogP contribution is -2.32. The van der Waals surface area contributed by atoms with Gasteiger partial charge in [0.1, 0.15) is 0 Å². The van der Waals surface area contributed by atoms with Crippen LogP contribution in [0.4, 0.5) is 16.5 Å². The predicted molar refractivity (Wildman–Crippen MR) is 110 cm³/mol. The number of aromatic nitrogens is 1. The van der Waals surface area contributed by atoms with Crippen LogP contribution in [0, 0.1) is 23.7 Å². The second kappa shape index (κ2) is 5.75. The molecule has 1 saturated carbocycles. The average Bonchev–Trinajstić information content (AvgIpc) is 3.45. The predicted octanol–water partition coefficient (Wildman–Crippen LogP) is 4.35. The highest BCUT2D eigenvalue weighted by Gasteiger charge is 2.60. The second-order valence-corrected chi connectivity index (χ2v) is 8.69. The molecular weight excluding hydrogens is 370 g/mol. The van der Waals surface area contributed by atoms with E-state index in [1.54, 1.807) is 0 Å². The molecule has 0 radical (unpaired) electrons. The van der Waals surface area contributed by atoms with Crippen LogP contribution in [0.5, 0.6) is 0 Å². The largest absolute Gasteiger partial charge is 0.355 e. The van der Waals surface area contributed by atoms with Crippen LogP contribution >= 0.6 is 11.3 Å². The minimum atomic E-state index is -0.190. The summed E-state index contributed by atoms with van der Waals surface area (Å²) in [5.74, 6) is -0.100. The fraction of sp³-hybridized carbons (Fsp3) is 0.227. The summed E-state index contributed by atoms with van der Waals surface area (Å²) in [4.78, 5) is 31.9. The third kappa shape index (κ3) is 2.21. The van der Waals surface area contributed by atoms with E-state index in [4.69, 9.17) is 0 Å². The number of hydrogen-bond acceptors (Lipinski definition) is 5. The fourth-order valence-electron chi connectivity index (χ4n) is 4.86. The Morgan fingerprint density at radius 3 is 2.36 bits per heavy atom. The number of fused-ring (bicyclic) bond motifs is 6. The van der Waals surface area contributed by atoms with Gasteiger partial charge in [0.25, 0.3) is 0 Å². The number of benzene rings is 2. The van der Waals surface area contributed by atoms with E-state index in [9.17, 15) is 9.59 Å². The molecule has 2 heterocycles. The molecule has 1 aromatic heterocycles. The van der Waals surface area contributed by atoms with Crippen molar-refractivity contribution in [2.45, 2.75) is 6.42 Å². The van der Waals surface area contributed by atoms with Crippen molar-refractivity contribution in [3.63, 3.8) is 0 Å². The summed E-state index contributed by atoms with van der Waals surface area (Å²) in [5.41, 5.74) is 2.76. The monoisotopic (exact) mass is 387 g/mol. The molecule has 4 atom stereocenters. The van der Waals surface area contributed by atoms with Crippen molar-refractivity contribution >= 4 is 49.9 Å². The molecule has 3 aliphatic rings. The van der Waals surface area contributed by atoms with Gasteiger partial charge < -0.3 is 5.32 Å². The van der Waals surface area contributed by atoms with Gasteiger partial charge in [0, 0.05) is 11.4 Å². The number of para-hydroxylation sites is 1. The van der Waals surface area contributed by atoms with Crippen LogP contribution in [-0.4, -0.2) is 16.8 Å². The molecule has 0 unspecified atom stereocenters. The lowest BCUT2D eigenvalue weighted by atomic mass is 9.85. The Kier molecular flexibility index (Phi) is 3.29. The SMILES string of the molecule is O=C1[C@@H]2[C@H](C(=O)N1c1nc3ccc(Nc4ccccc4)cc3s1)[C@@H]1C=C[C@H]2C1. The third-order valence-corrected chi connectivity index (χ3v) is 7.10. The molecule has 1 saturated heterocycles. The molecule has 5 nitrogen and oxygen atoms in total. The quantitative estimate of drug-likeness (QED) is 0.536. The van der Waals surface area contributed by atoms with E-state index >= 15 is 0 Å². The molecule has 0 spiro atoms. The summed E-state index contributed by atoms with van der Waals surface area (Å²) in [6, 6.07) is 15.9. The van der Waals surface area contributed by atoms with Gasteiger partial charge in [-0.15, -0.1) is 0 Å². The Labute approximate surface area is 165 Å². The number of thiazole rings is 1. The molecule has 138 valence electrons. The average molecular weight is 387 g/mol. The van der Waals surface area contributed by atoms with Crippen LogP contribution < -0.4 is 10.2 Å². The molecule has 6 heteroatoms. The number of allylic oxidation sites excluding steroid dienone is 2. The summed E-state index contributed by atoms with van der Waals surface area (Å²) in [5, 5.41) is 3.86. The Balaban J connectivity index is 1.33. The molecule has 1 N–H and O–H groups in total. The highest BCUT2D eigenvalue weighted by atomic mass is 32.1. The number of nitrogens with zero attached hydrogens (tertiary/aromatic N) is 2. The number of carbonyl (C=O) groups is 2. The van der Waals surface area contributed by atoms with Crippen molar-refractivity contribution in [2.75, 3.05) is 10.2 Å². The highest BCUT2D eigenvalue weighted by molar-refractivity contribution is 7.22. The van der Waals surface area contributed by atoms with Crippen LogP contribution in [0.2, 0.25) is 0 Å². The van der Waals surface area contributed by atoms with E-state index in [2.05, 4.69) is 22.5 Å². The molecule has 2 aliphatic carbocycles. The summed E-state index contributed by atoms with van der Waals surface area (Å²) in [7, 11) is 0. The van der Waals surface area contributed by atoms with Gasteiger partial charge in [0.2, 0.25) is 11.8 Å². The molecule has 2 bridgehead atoms. The van der Waals surface area contributed by atoms with Gasteiger partial charge in [0.05, 0.1) is 22.1 Å². The second-order valence-electron chi connectivity index (χ2n) is 7.68. The number of hydrogen-bond donors (Lipinski definition) is 1. The first kappa shape index (κ1) is 16.0. The van der Waals surface area contributed by atoms with Crippen molar-refractivity contribution in [2.24, 2.45) is 23.7 Å². The topological polar surface area (TPSA) is 62.3 Å². The highest BCUT2D eigenvalue weighted by Crippen LogP contribution is 2.53. The summed E-state index contributed by atoms with van der Waals surface area (Å²) < 4.78 is 0.953. The maximum atomic E-state index is 13.0. The third-order valence-electron chi connectivity index (χ3n) is 6.10. The molecule has 28 heavy (non-hydrogen) atoms. The van der Waals surface area contributed by atoms with Crippen molar-refractivity contribution < 1.29 is 9.59 Å². The number of rotatable bonds is 3. The van der Waals surface area contributed by atoms with Gasteiger partial charge in [0.15, 0.2) is 5.13 Å². The first-order chi connectivity index (χ1) is 13.7. The van der Waals surface area contributed by atoms with Gasteiger partial charge >= 0.3 is 0 Å². The van der Waals surface area contributed by atoms with Gasteiger partial charge in [-0.3, -0.25) is 9.59 Å². The zero-order valence-corrected chi connectivity index (χ0v) is 15.7. The minimum Gasteiger partial charge on any atom is -0.355 e. The number of imide groups is 1. The normalized spacial score (nSPS) is 27.8. The van der Waals surface area contributed by atoms with Crippen LogP contribution in [0.1, 0.15) is 6.42 Å².